The molecule has 2 fully saturated rings. The molecule has 1 aromatic heterocycles. The fourth-order valence-corrected chi connectivity index (χ4v) is 5.19. The lowest BCUT2D eigenvalue weighted by Gasteiger charge is -2.38. The van der Waals surface area contributed by atoms with Gasteiger partial charge in [-0.15, -0.1) is 0 Å². The summed E-state index contributed by atoms with van der Waals surface area (Å²) in [6, 6.07) is 5.68. The predicted molar refractivity (Wildman–Crippen MR) is 158 cm³/mol. The number of carboxylic acids is 1. The number of aliphatic carboxylic acids is 1. The molecule has 4 rings (SSSR count). The minimum Gasteiger partial charge on any atom is -0.478 e. The number of carboxylic acid groups (broad SMARTS) is 1. The van der Waals surface area contributed by atoms with Crippen LogP contribution in [-0.2, 0) is 23.9 Å². The first-order valence-corrected chi connectivity index (χ1v) is 15.0. The molecule has 1 aliphatic carbocycles. The van der Waals surface area contributed by atoms with E-state index in [1.54, 1.807) is 32.9 Å². The Balaban J connectivity index is 1.57. The van der Waals surface area contributed by atoms with Crippen molar-refractivity contribution in [2.45, 2.75) is 77.5 Å². The van der Waals surface area contributed by atoms with Crippen LogP contribution in [0.25, 0.3) is 10.9 Å². The highest BCUT2D eigenvalue weighted by Crippen LogP contribution is 2.39. The lowest BCUT2D eigenvalue weighted by atomic mass is 9.80. The van der Waals surface area contributed by atoms with Crippen molar-refractivity contribution in [3.63, 3.8) is 0 Å². The molecule has 0 bridgehead atoms. The number of carbonyl (C=O) groups is 5. The van der Waals surface area contributed by atoms with Crippen LogP contribution in [-0.4, -0.2) is 100 Å². The Morgan fingerprint density at radius 3 is 2.32 bits per heavy atom. The summed E-state index contributed by atoms with van der Waals surface area (Å²) in [5.74, 6) is -2.47. The maximum absolute atomic E-state index is 13.6. The molecular weight excluding hydrogens is 572 g/mol. The summed E-state index contributed by atoms with van der Waals surface area (Å²) in [6.07, 6.45) is 0.458. The molecule has 0 spiro atoms. The molecule has 13 heteroatoms. The topological polar surface area (TPSA) is 165 Å². The average Bonchev–Trinajstić information content (AvgIpc) is 2.95. The Labute approximate surface area is 255 Å². The maximum atomic E-state index is 13.6. The summed E-state index contributed by atoms with van der Waals surface area (Å²) in [5, 5.41) is 13.1. The maximum Gasteiger partial charge on any atom is 0.409 e. The minimum atomic E-state index is -1.38. The van der Waals surface area contributed by atoms with Gasteiger partial charge in [0.25, 0.3) is 5.91 Å². The van der Waals surface area contributed by atoms with Crippen molar-refractivity contribution in [2.75, 3.05) is 32.8 Å². The Morgan fingerprint density at radius 2 is 1.73 bits per heavy atom. The van der Waals surface area contributed by atoms with Gasteiger partial charge in [-0.3, -0.25) is 14.4 Å². The Hall–Kier alpha value is -4.42. The summed E-state index contributed by atoms with van der Waals surface area (Å²) >= 11 is 0. The van der Waals surface area contributed by atoms with Gasteiger partial charge >= 0.3 is 18.0 Å². The molecular formula is C31H40N4O9. The number of hydrogen-bond acceptors (Lipinski definition) is 9. The highest BCUT2D eigenvalue weighted by atomic mass is 16.6. The Kier molecular flexibility index (Phi) is 10.3. The number of amides is 3. The number of pyridine rings is 1. The molecule has 238 valence electrons. The van der Waals surface area contributed by atoms with Gasteiger partial charge < -0.3 is 34.4 Å². The fraction of sp³-hybridized carbons (Fsp3) is 0.548. The first-order chi connectivity index (χ1) is 20.9. The SMILES string of the molecule is CCOC(=O)N1CCN(C(=O)C(CCC(=O)OC(C)C)NC(=O)c2cc(OC3(C(=O)O)CCC3)c3ccc(C)cc3n2)CC1. The average molecular weight is 613 g/mol. The number of piperazine rings is 1. The van der Waals surface area contributed by atoms with Crippen LogP contribution in [0.5, 0.6) is 5.75 Å². The van der Waals surface area contributed by atoms with E-state index in [9.17, 15) is 29.1 Å². The second kappa shape index (κ2) is 13.9. The molecule has 1 saturated heterocycles. The van der Waals surface area contributed by atoms with Crippen molar-refractivity contribution in [1.82, 2.24) is 20.1 Å². The third kappa shape index (κ3) is 7.56. The van der Waals surface area contributed by atoms with Gasteiger partial charge in [0.05, 0.1) is 18.2 Å². The molecule has 13 nitrogen and oxygen atoms in total. The van der Waals surface area contributed by atoms with Crippen molar-refractivity contribution in [3.05, 3.63) is 35.5 Å². The largest absolute Gasteiger partial charge is 0.478 e. The van der Waals surface area contributed by atoms with Crippen molar-refractivity contribution in [1.29, 1.82) is 0 Å². The number of aromatic nitrogens is 1. The molecule has 2 aromatic rings. The molecule has 44 heavy (non-hydrogen) atoms. The number of hydrogen-bond donors (Lipinski definition) is 2. The van der Waals surface area contributed by atoms with E-state index in [0.717, 1.165) is 5.56 Å². The van der Waals surface area contributed by atoms with Crippen LogP contribution < -0.4 is 10.1 Å². The van der Waals surface area contributed by atoms with E-state index in [0.29, 0.717) is 30.2 Å². The number of rotatable bonds is 11. The molecule has 3 amide bonds. The monoisotopic (exact) mass is 612 g/mol. The number of ether oxygens (including phenoxy) is 3. The molecule has 2 N–H and O–H groups in total. The van der Waals surface area contributed by atoms with Gasteiger partial charge in [0, 0.05) is 44.1 Å². The molecule has 2 aliphatic rings. The molecule has 1 aliphatic heterocycles. The zero-order valence-electron chi connectivity index (χ0n) is 25.6. The number of esters is 1. The van der Waals surface area contributed by atoms with Gasteiger partial charge in [-0.05, 0) is 71.1 Å². The van der Waals surface area contributed by atoms with E-state index in [2.05, 4.69) is 10.3 Å². The van der Waals surface area contributed by atoms with Gasteiger partial charge in [0.1, 0.15) is 17.5 Å². The van der Waals surface area contributed by atoms with Crippen LogP contribution in [0.3, 0.4) is 0 Å². The lowest BCUT2D eigenvalue weighted by Crippen LogP contribution is -2.56. The second-order valence-corrected chi connectivity index (χ2v) is 11.4. The van der Waals surface area contributed by atoms with Crippen LogP contribution >= 0.6 is 0 Å². The summed E-state index contributed by atoms with van der Waals surface area (Å²) in [4.78, 5) is 71.3. The first-order valence-electron chi connectivity index (χ1n) is 15.0. The van der Waals surface area contributed by atoms with Gasteiger partial charge in [0.2, 0.25) is 11.5 Å². The molecule has 1 unspecified atom stereocenters. The van der Waals surface area contributed by atoms with Gasteiger partial charge in [-0.25, -0.2) is 14.6 Å². The summed E-state index contributed by atoms with van der Waals surface area (Å²) in [7, 11) is 0. The summed E-state index contributed by atoms with van der Waals surface area (Å²) in [5.41, 5.74) is -0.129. The number of benzene rings is 1. The summed E-state index contributed by atoms with van der Waals surface area (Å²) in [6.45, 7) is 8.24. The zero-order valence-corrected chi connectivity index (χ0v) is 25.6. The summed E-state index contributed by atoms with van der Waals surface area (Å²) < 4.78 is 16.3. The quantitative estimate of drug-likeness (QED) is 0.360. The van der Waals surface area contributed by atoms with Gasteiger partial charge in [0.15, 0.2) is 0 Å². The second-order valence-electron chi connectivity index (χ2n) is 11.4. The first kappa shape index (κ1) is 32.5. The number of fused-ring (bicyclic) bond motifs is 1. The lowest BCUT2D eigenvalue weighted by molar-refractivity contribution is -0.163. The highest BCUT2D eigenvalue weighted by molar-refractivity contribution is 5.99. The van der Waals surface area contributed by atoms with Crippen molar-refractivity contribution in [2.24, 2.45) is 0 Å². The van der Waals surface area contributed by atoms with E-state index >= 15 is 0 Å². The van der Waals surface area contributed by atoms with Crippen LogP contribution in [0.4, 0.5) is 4.79 Å². The van der Waals surface area contributed by atoms with E-state index in [1.807, 2.05) is 13.0 Å². The smallest absolute Gasteiger partial charge is 0.409 e. The molecule has 2 heterocycles. The van der Waals surface area contributed by atoms with Crippen LogP contribution in [0, 0.1) is 6.92 Å². The van der Waals surface area contributed by atoms with E-state index in [4.69, 9.17) is 14.2 Å². The zero-order chi connectivity index (χ0) is 32.0. The molecule has 1 aromatic carbocycles. The van der Waals surface area contributed by atoms with E-state index in [1.165, 1.54) is 15.9 Å². The fourth-order valence-electron chi connectivity index (χ4n) is 5.19. The normalized spacial score (nSPS) is 16.6. The standard InChI is InChI=1S/C31H40N4O9/c1-5-42-30(41)35-15-13-34(14-16-35)28(38)22(9-10-26(36)43-19(2)3)33-27(37)24-18-25(44-31(29(39)40)11-6-12-31)21-8-7-20(4)17-23(21)32-24/h7-8,17-19,22H,5-6,9-16H2,1-4H3,(H,33,37)(H,39,40). The van der Waals surface area contributed by atoms with Gasteiger partial charge in [-0.2, -0.15) is 0 Å². The van der Waals surface area contributed by atoms with Crippen LogP contribution in [0.1, 0.15) is 68.9 Å². The van der Waals surface area contributed by atoms with Crippen LogP contribution in [0.2, 0.25) is 0 Å². The van der Waals surface area contributed by atoms with Crippen molar-refractivity contribution >= 4 is 40.7 Å². The number of carbonyl (C=O) groups excluding carboxylic acids is 4. The number of aryl methyl sites for hydroxylation is 1. The Bertz CT molecular complexity index is 1410. The van der Waals surface area contributed by atoms with E-state index < -0.39 is 41.5 Å². The number of nitrogens with one attached hydrogen (secondary N) is 1. The Morgan fingerprint density at radius 1 is 1.05 bits per heavy atom. The number of nitrogens with zero attached hydrogens (tertiary/aromatic N) is 3. The minimum absolute atomic E-state index is 0.0214. The molecule has 0 radical (unpaired) electrons. The third-order valence-electron chi connectivity index (χ3n) is 7.74. The third-order valence-corrected chi connectivity index (χ3v) is 7.74. The molecule has 1 saturated carbocycles. The van der Waals surface area contributed by atoms with Crippen molar-refractivity contribution < 1.29 is 43.3 Å². The van der Waals surface area contributed by atoms with Crippen molar-refractivity contribution in [3.8, 4) is 5.75 Å². The van der Waals surface area contributed by atoms with Gasteiger partial charge in [-0.1, -0.05) is 6.07 Å². The predicted octanol–water partition coefficient (Wildman–Crippen LogP) is 3.06. The van der Waals surface area contributed by atoms with Crippen LogP contribution in [0.15, 0.2) is 24.3 Å². The highest BCUT2D eigenvalue weighted by Gasteiger charge is 2.47. The van der Waals surface area contributed by atoms with E-state index in [-0.39, 0.29) is 63.2 Å². The molecule has 1 atom stereocenters.